The molecule has 0 spiro atoms. The zero-order valence-corrected chi connectivity index (χ0v) is 17.6. The van der Waals surface area contributed by atoms with Crippen molar-refractivity contribution in [3.8, 4) is 0 Å². The van der Waals surface area contributed by atoms with Crippen molar-refractivity contribution in [3.05, 3.63) is 34.4 Å². The number of hydrogen-bond donors (Lipinski definition) is 3. The van der Waals surface area contributed by atoms with Crippen molar-refractivity contribution >= 4 is 23.2 Å². The highest BCUT2D eigenvalue weighted by Crippen LogP contribution is 2.26. The Balaban J connectivity index is 1.36. The number of carbonyl (C=O) groups is 1. The van der Waals surface area contributed by atoms with Crippen molar-refractivity contribution in [2.75, 3.05) is 38.5 Å². The highest BCUT2D eigenvalue weighted by Gasteiger charge is 2.31. The van der Waals surface area contributed by atoms with Crippen LogP contribution in [0, 0.1) is 16.0 Å². The van der Waals surface area contributed by atoms with Crippen molar-refractivity contribution in [1.29, 1.82) is 0 Å². The summed E-state index contributed by atoms with van der Waals surface area (Å²) in [6.07, 6.45) is 6.62. The molecule has 2 fully saturated rings. The van der Waals surface area contributed by atoms with Gasteiger partial charge in [0.25, 0.3) is 5.69 Å². The van der Waals surface area contributed by atoms with E-state index in [1.54, 1.807) is 19.2 Å². The van der Waals surface area contributed by atoms with Gasteiger partial charge in [0.2, 0.25) is 5.91 Å². The topological polar surface area (TPSA) is 112 Å². The number of anilines is 1. The minimum atomic E-state index is -0.409. The SMILES string of the molecule is CN=C(NCCNc1ccc([N+](=O)[O-])cc1)NC1CCN(C(=O)C2CCCCC2)C1. The van der Waals surface area contributed by atoms with Crippen LogP contribution in [0.5, 0.6) is 0 Å². The van der Waals surface area contributed by atoms with Crippen LogP contribution in [0.1, 0.15) is 38.5 Å². The maximum absolute atomic E-state index is 12.7. The van der Waals surface area contributed by atoms with Crippen molar-refractivity contribution in [2.45, 2.75) is 44.6 Å². The summed E-state index contributed by atoms with van der Waals surface area (Å²) in [5.41, 5.74) is 0.911. The molecule has 3 N–H and O–H groups in total. The van der Waals surface area contributed by atoms with Crippen LogP contribution in [0.25, 0.3) is 0 Å². The Morgan fingerprint density at radius 3 is 2.57 bits per heavy atom. The zero-order chi connectivity index (χ0) is 21.3. The lowest BCUT2D eigenvalue weighted by Crippen LogP contribution is -2.46. The third-order valence-corrected chi connectivity index (χ3v) is 5.84. The molecule has 2 aliphatic rings. The first-order chi connectivity index (χ1) is 14.6. The molecule has 164 valence electrons. The molecule has 1 saturated heterocycles. The normalized spacial score (nSPS) is 20.1. The molecule has 1 unspecified atom stereocenters. The van der Waals surface area contributed by atoms with E-state index in [0.717, 1.165) is 44.0 Å². The summed E-state index contributed by atoms with van der Waals surface area (Å²) >= 11 is 0. The molecule has 1 saturated carbocycles. The average Bonchev–Trinajstić information content (AvgIpc) is 3.24. The molecule has 0 aromatic heterocycles. The molecule has 30 heavy (non-hydrogen) atoms. The number of nitrogens with one attached hydrogen (secondary N) is 3. The lowest BCUT2D eigenvalue weighted by molar-refractivity contribution is -0.384. The molecule has 1 aliphatic heterocycles. The summed E-state index contributed by atoms with van der Waals surface area (Å²) < 4.78 is 0. The van der Waals surface area contributed by atoms with E-state index in [1.165, 1.54) is 31.4 Å². The Hall–Kier alpha value is -2.84. The van der Waals surface area contributed by atoms with Gasteiger partial charge in [0.15, 0.2) is 5.96 Å². The van der Waals surface area contributed by atoms with Gasteiger partial charge >= 0.3 is 0 Å². The average molecular weight is 417 g/mol. The maximum Gasteiger partial charge on any atom is 0.269 e. The molecule has 1 heterocycles. The highest BCUT2D eigenvalue weighted by molar-refractivity contribution is 5.81. The van der Waals surface area contributed by atoms with E-state index in [9.17, 15) is 14.9 Å². The summed E-state index contributed by atoms with van der Waals surface area (Å²) in [6, 6.07) is 6.57. The molecule has 9 heteroatoms. The van der Waals surface area contributed by atoms with E-state index in [-0.39, 0.29) is 17.6 Å². The summed E-state index contributed by atoms with van der Waals surface area (Å²) in [5.74, 6) is 1.27. The number of rotatable bonds is 7. The second-order valence-electron chi connectivity index (χ2n) is 7.98. The number of benzene rings is 1. The molecule has 1 aromatic carbocycles. The molecule has 0 radical (unpaired) electrons. The van der Waals surface area contributed by atoms with Crippen LogP contribution in [0.3, 0.4) is 0 Å². The fourth-order valence-corrected chi connectivity index (χ4v) is 4.16. The van der Waals surface area contributed by atoms with Crippen LogP contribution in [-0.2, 0) is 4.79 Å². The first-order valence-corrected chi connectivity index (χ1v) is 10.8. The van der Waals surface area contributed by atoms with Crippen LogP contribution in [0.4, 0.5) is 11.4 Å². The van der Waals surface area contributed by atoms with Crippen molar-refractivity contribution in [1.82, 2.24) is 15.5 Å². The molecule has 1 aromatic rings. The van der Waals surface area contributed by atoms with Gasteiger partial charge in [-0.05, 0) is 31.4 Å². The van der Waals surface area contributed by atoms with Crippen molar-refractivity contribution in [3.63, 3.8) is 0 Å². The van der Waals surface area contributed by atoms with Gasteiger partial charge in [0.05, 0.1) is 4.92 Å². The number of non-ortho nitro benzene ring substituents is 1. The van der Waals surface area contributed by atoms with Crippen LogP contribution < -0.4 is 16.0 Å². The number of amides is 1. The minimum absolute atomic E-state index is 0.0795. The Bertz CT molecular complexity index is 746. The van der Waals surface area contributed by atoms with Gasteiger partial charge in [-0.2, -0.15) is 0 Å². The first kappa shape index (κ1) is 21.9. The largest absolute Gasteiger partial charge is 0.383 e. The monoisotopic (exact) mass is 416 g/mol. The molecule has 1 amide bonds. The number of hydrogen-bond acceptors (Lipinski definition) is 5. The van der Waals surface area contributed by atoms with Crippen LogP contribution in [0.15, 0.2) is 29.3 Å². The number of aliphatic imine (C=N–C) groups is 1. The molecular formula is C21H32N6O3. The molecule has 1 atom stereocenters. The van der Waals surface area contributed by atoms with E-state index in [1.807, 2.05) is 4.90 Å². The Labute approximate surface area is 177 Å². The third kappa shape index (κ3) is 6.08. The third-order valence-electron chi connectivity index (χ3n) is 5.84. The van der Waals surface area contributed by atoms with Gasteiger partial charge < -0.3 is 20.9 Å². The van der Waals surface area contributed by atoms with E-state index < -0.39 is 4.92 Å². The summed E-state index contributed by atoms with van der Waals surface area (Å²) in [5, 5.41) is 20.6. The molecule has 3 rings (SSSR count). The first-order valence-electron chi connectivity index (χ1n) is 10.8. The maximum atomic E-state index is 12.7. The summed E-state index contributed by atoms with van der Waals surface area (Å²) in [4.78, 5) is 29.3. The Morgan fingerprint density at radius 1 is 1.17 bits per heavy atom. The summed E-state index contributed by atoms with van der Waals surface area (Å²) in [7, 11) is 1.74. The zero-order valence-electron chi connectivity index (χ0n) is 17.6. The van der Waals surface area contributed by atoms with E-state index >= 15 is 0 Å². The number of likely N-dealkylation sites (tertiary alicyclic amines) is 1. The molecular weight excluding hydrogens is 384 g/mol. The number of guanidine groups is 1. The van der Waals surface area contributed by atoms with Crippen LogP contribution in [-0.4, -0.2) is 61.0 Å². The quantitative estimate of drug-likeness (QED) is 0.207. The van der Waals surface area contributed by atoms with Crippen molar-refractivity contribution < 1.29 is 9.72 Å². The number of nitro groups is 1. The summed E-state index contributed by atoms with van der Waals surface area (Å²) in [6.45, 7) is 2.84. The number of nitrogens with zero attached hydrogens (tertiary/aromatic N) is 3. The molecule has 9 nitrogen and oxygen atoms in total. The molecule has 1 aliphatic carbocycles. The van der Waals surface area contributed by atoms with E-state index in [2.05, 4.69) is 20.9 Å². The fourth-order valence-electron chi connectivity index (χ4n) is 4.16. The Morgan fingerprint density at radius 2 is 1.90 bits per heavy atom. The van der Waals surface area contributed by atoms with E-state index in [0.29, 0.717) is 19.0 Å². The highest BCUT2D eigenvalue weighted by atomic mass is 16.6. The minimum Gasteiger partial charge on any atom is -0.383 e. The Kier molecular flexibility index (Phi) is 7.87. The van der Waals surface area contributed by atoms with Gasteiger partial charge in [-0.1, -0.05) is 19.3 Å². The fraction of sp³-hybridized carbons (Fsp3) is 0.619. The van der Waals surface area contributed by atoms with Gasteiger partial charge in [-0.15, -0.1) is 0 Å². The predicted molar refractivity (Wildman–Crippen MR) is 118 cm³/mol. The molecule has 0 bridgehead atoms. The second kappa shape index (κ2) is 10.8. The number of carbonyl (C=O) groups excluding carboxylic acids is 1. The lowest BCUT2D eigenvalue weighted by Gasteiger charge is -2.26. The number of nitro benzene ring substituents is 1. The van der Waals surface area contributed by atoms with Crippen molar-refractivity contribution in [2.24, 2.45) is 10.9 Å². The van der Waals surface area contributed by atoms with Gasteiger partial charge in [0, 0.05) is 63.0 Å². The standard InChI is InChI=1S/C21H32N6O3/c1-22-21(24-13-12-23-17-7-9-19(10-8-17)27(29)30)25-18-11-14-26(15-18)20(28)16-5-3-2-4-6-16/h7-10,16,18,23H,2-6,11-15H2,1H3,(H2,22,24,25). The predicted octanol–water partition coefficient (Wildman–Crippen LogP) is 2.35. The second-order valence-corrected chi connectivity index (χ2v) is 7.98. The van der Waals surface area contributed by atoms with Gasteiger partial charge in [-0.3, -0.25) is 19.9 Å². The lowest BCUT2D eigenvalue weighted by atomic mass is 9.88. The van der Waals surface area contributed by atoms with Crippen LogP contribution in [0.2, 0.25) is 0 Å². The van der Waals surface area contributed by atoms with Crippen LogP contribution >= 0.6 is 0 Å². The van der Waals surface area contributed by atoms with Gasteiger partial charge in [-0.25, -0.2) is 0 Å². The smallest absolute Gasteiger partial charge is 0.269 e. The van der Waals surface area contributed by atoms with Gasteiger partial charge in [0.1, 0.15) is 0 Å². The van der Waals surface area contributed by atoms with E-state index in [4.69, 9.17) is 0 Å².